The van der Waals surface area contributed by atoms with Crippen LogP contribution in [0.1, 0.15) is 58.8 Å². The van der Waals surface area contributed by atoms with Gasteiger partial charge < -0.3 is 0 Å². The van der Waals surface area contributed by atoms with Crippen LogP contribution < -0.4 is 0 Å². The third-order valence-corrected chi connectivity index (χ3v) is 5.84. The molecule has 3 unspecified atom stereocenters. The van der Waals surface area contributed by atoms with Crippen molar-refractivity contribution in [3.05, 3.63) is 30.5 Å². The van der Waals surface area contributed by atoms with Crippen molar-refractivity contribution in [1.29, 1.82) is 0 Å². The number of rotatable bonds is 5. The van der Waals surface area contributed by atoms with Gasteiger partial charge in [0.15, 0.2) is 0 Å². The summed E-state index contributed by atoms with van der Waals surface area (Å²) in [6, 6.07) is 0. The highest BCUT2D eigenvalue weighted by molar-refractivity contribution is 5.06. The third kappa shape index (κ3) is 2.36. The van der Waals surface area contributed by atoms with Crippen molar-refractivity contribution in [3.63, 3.8) is 0 Å². The Bertz CT molecular complexity index is 352. The van der Waals surface area contributed by atoms with Crippen molar-refractivity contribution in [3.8, 4) is 0 Å². The summed E-state index contributed by atoms with van der Waals surface area (Å²) in [5.74, 6) is 2.75. The van der Waals surface area contributed by atoms with Crippen molar-refractivity contribution in [2.45, 2.75) is 58.8 Å². The van der Waals surface area contributed by atoms with E-state index in [2.05, 4.69) is 32.7 Å². The molecule has 2 saturated carbocycles. The van der Waals surface area contributed by atoms with Crippen molar-refractivity contribution in [2.24, 2.45) is 23.2 Å². The van der Waals surface area contributed by atoms with Gasteiger partial charge in [0.1, 0.15) is 0 Å². The molecule has 2 aliphatic rings. The minimum atomic E-state index is 0.737. The molecule has 0 aromatic carbocycles. The predicted molar refractivity (Wildman–Crippen MR) is 79.4 cm³/mol. The highest BCUT2D eigenvalue weighted by atomic mass is 14.6. The van der Waals surface area contributed by atoms with Gasteiger partial charge in [-0.1, -0.05) is 32.9 Å². The van der Waals surface area contributed by atoms with Gasteiger partial charge in [0.2, 0.25) is 0 Å². The van der Waals surface area contributed by atoms with Crippen LogP contribution in [0.4, 0.5) is 0 Å². The van der Waals surface area contributed by atoms with Gasteiger partial charge in [-0.15, -0.1) is 12.3 Å². The monoisotopic (exact) mass is 244 g/mol. The second kappa shape index (κ2) is 5.49. The van der Waals surface area contributed by atoms with Crippen LogP contribution in [0, 0.1) is 23.2 Å². The Balaban J connectivity index is 1.93. The molecule has 0 N–H and O–H groups in total. The highest BCUT2D eigenvalue weighted by Crippen LogP contribution is 2.61. The van der Waals surface area contributed by atoms with E-state index in [1.165, 1.54) is 44.1 Å². The van der Waals surface area contributed by atoms with E-state index < -0.39 is 0 Å². The molecule has 0 heterocycles. The summed E-state index contributed by atoms with van der Waals surface area (Å²) in [7, 11) is 0. The largest absolute Gasteiger partial charge is 0.129 e. The molecule has 2 aliphatic carbocycles. The summed E-state index contributed by atoms with van der Waals surface area (Å²) in [5.41, 5.74) is 5.18. The van der Waals surface area contributed by atoms with Crippen molar-refractivity contribution < 1.29 is 0 Å². The summed E-state index contributed by atoms with van der Waals surface area (Å²) < 4.78 is 0. The van der Waals surface area contributed by atoms with E-state index in [9.17, 15) is 0 Å². The Morgan fingerprint density at radius 2 is 2.11 bits per heavy atom. The van der Waals surface area contributed by atoms with E-state index in [0.717, 1.165) is 29.6 Å². The normalized spacial score (nSPS) is 32.9. The quantitative estimate of drug-likeness (QED) is 0.441. The fraction of sp³-hybridized carbons (Fsp3) is 0.722. The minimum Gasteiger partial charge on any atom is -0.129 e. The molecule has 0 heteroatoms. The SMILES string of the molecule is C=C=C(CC=C)CCC1C(C)CC2(CCC2)C1C. The maximum absolute atomic E-state index is 3.81. The van der Waals surface area contributed by atoms with Gasteiger partial charge in [-0.25, -0.2) is 0 Å². The molecule has 0 nitrogen and oxygen atoms in total. The lowest BCUT2D eigenvalue weighted by molar-refractivity contribution is 0.0718. The minimum absolute atomic E-state index is 0.737. The molecule has 2 rings (SSSR count). The summed E-state index contributed by atoms with van der Waals surface area (Å²) in [6.45, 7) is 12.6. The maximum Gasteiger partial charge on any atom is -0.00654 e. The van der Waals surface area contributed by atoms with E-state index in [4.69, 9.17) is 0 Å². The summed E-state index contributed by atoms with van der Waals surface area (Å²) in [6.07, 6.45) is 11.4. The first-order valence-corrected chi connectivity index (χ1v) is 7.61. The van der Waals surface area contributed by atoms with E-state index in [1.807, 2.05) is 6.08 Å². The Labute approximate surface area is 113 Å². The van der Waals surface area contributed by atoms with Gasteiger partial charge in [0.25, 0.3) is 0 Å². The molecule has 100 valence electrons. The standard InChI is InChI=1S/C18H28/c1-5-8-16(6-2)9-10-17-14(3)13-18(15(17)4)11-7-12-18/h5,14-15,17H,1-2,7-13H2,3-4H3. The molecule has 0 bridgehead atoms. The van der Waals surface area contributed by atoms with Gasteiger partial charge in [0.05, 0.1) is 0 Å². The molecule has 18 heavy (non-hydrogen) atoms. The van der Waals surface area contributed by atoms with Crippen molar-refractivity contribution >= 4 is 0 Å². The second-order valence-corrected chi connectivity index (χ2v) is 6.66. The lowest BCUT2D eigenvalue weighted by Gasteiger charge is -2.43. The zero-order valence-electron chi connectivity index (χ0n) is 12.2. The Hall–Kier alpha value is -0.740. The number of hydrogen-bond acceptors (Lipinski definition) is 0. The molecule has 0 saturated heterocycles. The van der Waals surface area contributed by atoms with Crippen LogP contribution in [0.25, 0.3) is 0 Å². The molecular weight excluding hydrogens is 216 g/mol. The van der Waals surface area contributed by atoms with E-state index in [0.29, 0.717) is 0 Å². The summed E-state index contributed by atoms with van der Waals surface area (Å²) in [5, 5.41) is 0. The first kappa shape index (κ1) is 13.7. The fourth-order valence-electron chi connectivity index (χ4n) is 4.53. The van der Waals surface area contributed by atoms with Crippen LogP contribution in [0.5, 0.6) is 0 Å². The summed E-state index contributed by atoms with van der Waals surface area (Å²) in [4.78, 5) is 0. The van der Waals surface area contributed by atoms with Crippen molar-refractivity contribution in [1.82, 2.24) is 0 Å². The van der Waals surface area contributed by atoms with Crippen LogP contribution in [0.3, 0.4) is 0 Å². The van der Waals surface area contributed by atoms with Crippen LogP contribution in [-0.4, -0.2) is 0 Å². The van der Waals surface area contributed by atoms with Gasteiger partial charge >= 0.3 is 0 Å². The lowest BCUT2D eigenvalue weighted by atomic mass is 9.62. The lowest BCUT2D eigenvalue weighted by Crippen LogP contribution is -2.33. The Morgan fingerprint density at radius 1 is 1.39 bits per heavy atom. The smallest absolute Gasteiger partial charge is 0.00654 e. The Morgan fingerprint density at radius 3 is 2.56 bits per heavy atom. The first-order valence-electron chi connectivity index (χ1n) is 7.61. The Kier molecular flexibility index (Phi) is 4.17. The van der Waals surface area contributed by atoms with Gasteiger partial charge in [0, 0.05) is 0 Å². The van der Waals surface area contributed by atoms with E-state index in [1.54, 1.807) is 0 Å². The molecular formula is C18H28. The van der Waals surface area contributed by atoms with Gasteiger partial charge in [-0.3, -0.25) is 0 Å². The summed E-state index contributed by atoms with van der Waals surface area (Å²) >= 11 is 0. The topological polar surface area (TPSA) is 0 Å². The average molecular weight is 244 g/mol. The van der Waals surface area contributed by atoms with Gasteiger partial charge in [-0.2, -0.15) is 0 Å². The fourth-order valence-corrected chi connectivity index (χ4v) is 4.53. The van der Waals surface area contributed by atoms with Crippen LogP contribution >= 0.6 is 0 Å². The van der Waals surface area contributed by atoms with Crippen molar-refractivity contribution in [2.75, 3.05) is 0 Å². The molecule has 0 aliphatic heterocycles. The first-order chi connectivity index (χ1) is 8.63. The van der Waals surface area contributed by atoms with E-state index in [-0.39, 0.29) is 0 Å². The second-order valence-electron chi connectivity index (χ2n) is 6.66. The van der Waals surface area contributed by atoms with Crippen LogP contribution in [-0.2, 0) is 0 Å². The molecule has 0 radical (unpaired) electrons. The number of allylic oxidation sites excluding steroid dienone is 2. The maximum atomic E-state index is 3.81. The zero-order chi connectivity index (χ0) is 13.2. The molecule has 3 atom stereocenters. The predicted octanol–water partition coefficient (Wildman–Crippen LogP) is 5.52. The average Bonchev–Trinajstić information content (AvgIpc) is 2.57. The van der Waals surface area contributed by atoms with E-state index >= 15 is 0 Å². The van der Waals surface area contributed by atoms with Gasteiger partial charge in [-0.05, 0) is 67.3 Å². The molecule has 0 aromatic heterocycles. The van der Waals surface area contributed by atoms with Crippen LogP contribution in [0.15, 0.2) is 30.5 Å². The molecule has 0 amide bonds. The van der Waals surface area contributed by atoms with Crippen LogP contribution in [0.2, 0.25) is 0 Å². The number of hydrogen-bond donors (Lipinski definition) is 0. The highest BCUT2D eigenvalue weighted by Gasteiger charge is 2.51. The molecule has 1 spiro atoms. The zero-order valence-corrected chi connectivity index (χ0v) is 12.2. The third-order valence-electron chi connectivity index (χ3n) is 5.84. The molecule has 2 fully saturated rings. The molecule has 0 aromatic rings.